The highest BCUT2D eigenvalue weighted by molar-refractivity contribution is 6.30. The van der Waals surface area contributed by atoms with Crippen LogP contribution in [0, 0.1) is 32.5 Å². The van der Waals surface area contributed by atoms with Crippen LogP contribution >= 0.6 is 11.6 Å². The van der Waals surface area contributed by atoms with Crippen molar-refractivity contribution in [2.24, 2.45) is 5.92 Å². The van der Waals surface area contributed by atoms with Crippen LogP contribution in [0.25, 0.3) is 11.3 Å². The van der Waals surface area contributed by atoms with Crippen LogP contribution in [0.5, 0.6) is 0 Å². The van der Waals surface area contributed by atoms with Gasteiger partial charge in [0, 0.05) is 36.7 Å². The number of carbonyl (C=O) groups excluding carboxylic acids is 3. The first-order valence-corrected chi connectivity index (χ1v) is 11.5. The van der Waals surface area contributed by atoms with Crippen LogP contribution in [0.3, 0.4) is 0 Å². The Morgan fingerprint density at radius 1 is 1.06 bits per heavy atom. The zero-order valence-corrected chi connectivity index (χ0v) is 20.3. The molecule has 3 aromatic rings. The zero-order valence-electron chi connectivity index (χ0n) is 19.6. The minimum absolute atomic E-state index is 0.00918. The molecule has 9 heteroatoms. The Morgan fingerprint density at radius 2 is 1.77 bits per heavy atom. The van der Waals surface area contributed by atoms with Gasteiger partial charge >= 0.3 is 0 Å². The fourth-order valence-electron chi connectivity index (χ4n) is 4.52. The molecule has 35 heavy (non-hydrogen) atoms. The standard InChI is InChI=1S/C26H24ClFN4O3/c1-13-4-16(25-20(28)8-18(27)10-32-25)5-14(2)23(13)24-21(33)6-17(26(24)35)7-22(34)31-12-19-11-29-15(3)9-30-19/h4-5,8-11,17,24H,6-7,12H2,1-3H3,(H,31,34). The van der Waals surface area contributed by atoms with E-state index in [1.807, 2.05) is 6.92 Å². The monoisotopic (exact) mass is 494 g/mol. The normalized spacial score (nSPS) is 17.6. The van der Waals surface area contributed by atoms with Crippen molar-refractivity contribution < 1.29 is 18.8 Å². The minimum atomic E-state index is -0.937. The zero-order chi connectivity index (χ0) is 25.3. The van der Waals surface area contributed by atoms with E-state index in [2.05, 4.69) is 20.3 Å². The summed E-state index contributed by atoms with van der Waals surface area (Å²) in [4.78, 5) is 50.9. The summed E-state index contributed by atoms with van der Waals surface area (Å²) in [5.74, 6) is -2.99. The van der Waals surface area contributed by atoms with E-state index in [0.717, 1.165) is 5.69 Å². The Morgan fingerprint density at radius 3 is 2.40 bits per heavy atom. The maximum absolute atomic E-state index is 14.4. The van der Waals surface area contributed by atoms with Crippen LogP contribution < -0.4 is 5.32 Å². The number of nitrogens with zero attached hydrogens (tertiary/aromatic N) is 3. The van der Waals surface area contributed by atoms with Gasteiger partial charge in [0.2, 0.25) is 5.91 Å². The van der Waals surface area contributed by atoms with Crippen molar-refractivity contribution in [3.8, 4) is 11.3 Å². The van der Waals surface area contributed by atoms with E-state index < -0.39 is 17.7 Å². The van der Waals surface area contributed by atoms with Gasteiger partial charge in [-0.25, -0.2) is 4.39 Å². The number of rotatable bonds is 6. The molecule has 0 aliphatic heterocycles. The molecule has 2 aromatic heterocycles. The number of Topliss-reactive ketones (excluding diaryl/α,β-unsaturated/α-hetero) is 2. The van der Waals surface area contributed by atoms with Crippen LogP contribution in [0.1, 0.15) is 46.8 Å². The first kappa shape index (κ1) is 24.6. The molecule has 0 spiro atoms. The molecule has 180 valence electrons. The number of aryl methyl sites for hydroxylation is 3. The summed E-state index contributed by atoms with van der Waals surface area (Å²) in [5, 5.41) is 2.93. The van der Waals surface area contributed by atoms with Gasteiger partial charge in [0.05, 0.1) is 29.2 Å². The molecule has 0 saturated heterocycles. The maximum Gasteiger partial charge on any atom is 0.221 e. The highest BCUT2D eigenvalue weighted by atomic mass is 35.5. The van der Waals surface area contributed by atoms with E-state index >= 15 is 0 Å². The second kappa shape index (κ2) is 10.00. The summed E-state index contributed by atoms with van der Waals surface area (Å²) in [6, 6.07) is 4.61. The topological polar surface area (TPSA) is 102 Å². The molecule has 2 heterocycles. The van der Waals surface area contributed by atoms with E-state index in [4.69, 9.17) is 11.6 Å². The number of aromatic nitrogens is 3. The van der Waals surface area contributed by atoms with Crippen LogP contribution in [0.2, 0.25) is 5.02 Å². The molecule has 1 aliphatic carbocycles. The Kier molecular flexibility index (Phi) is 7.03. The number of halogens is 2. The maximum atomic E-state index is 14.4. The molecule has 7 nitrogen and oxygen atoms in total. The summed E-state index contributed by atoms with van der Waals surface area (Å²) in [6.07, 6.45) is 4.49. The van der Waals surface area contributed by atoms with E-state index in [9.17, 15) is 18.8 Å². The number of pyridine rings is 1. The van der Waals surface area contributed by atoms with Crippen LogP contribution in [0.15, 0.2) is 36.8 Å². The van der Waals surface area contributed by atoms with Crippen molar-refractivity contribution in [3.63, 3.8) is 0 Å². The summed E-state index contributed by atoms with van der Waals surface area (Å²) in [6.45, 7) is 5.57. The third kappa shape index (κ3) is 5.27. The van der Waals surface area contributed by atoms with E-state index in [1.54, 1.807) is 38.4 Å². The van der Waals surface area contributed by atoms with E-state index in [1.165, 1.54) is 12.3 Å². The summed E-state index contributed by atoms with van der Waals surface area (Å²) < 4.78 is 14.4. The average molecular weight is 495 g/mol. The SMILES string of the molecule is Cc1cnc(CNC(=O)CC2CC(=O)C(c3c(C)cc(-c4ncc(Cl)cc4F)cc3C)C2=O)cn1. The van der Waals surface area contributed by atoms with Crippen molar-refractivity contribution in [3.05, 3.63) is 75.7 Å². The average Bonchev–Trinajstić information content (AvgIpc) is 3.06. The highest BCUT2D eigenvalue weighted by Crippen LogP contribution is 2.38. The second-order valence-corrected chi connectivity index (χ2v) is 9.28. The number of benzene rings is 1. The number of hydrogen-bond acceptors (Lipinski definition) is 6. The van der Waals surface area contributed by atoms with E-state index in [-0.39, 0.29) is 47.6 Å². The predicted molar refractivity (Wildman–Crippen MR) is 128 cm³/mol. The smallest absolute Gasteiger partial charge is 0.221 e. The molecular formula is C26H24ClFN4O3. The van der Waals surface area contributed by atoms with Crippen molar-refractivity contribution in [1.82, 2.24) is 20.3 Å². The Balaban J connectivity index is 1.49. The Labute approximate surface area is 207 Å². The number of ketones is 2. The molecule has 1 aromatic carbocycles. The molecule has 2 atom stereocenters. The molecule has 1 amide bonds. The first-order chi connectivity index (χ1) is 16.6. The number of nitrogens with one attached hydrogen (secondary N) is 1. The van der Waals surface area contributed by atoms with Crippen molar-refractivity contribution in [2.45, 2.75) is 46.1 Å². The van der Waals surface area contributed by atoms with Crippen molar-refractivity contribution >= 4 is 29.1 Å². The molecular weight excluding hydrogens is 471 g/mol. The molecule has 1 aliphatic rings. The predicted octanol–water partition coefficient (Wildman–Crippen LogP) is 4.20. The number of amides is 1. The molecule has 2 unspecified atom stereocenters. The second-order valence-electron chi connectivity index (χ2n) is 8.84. The van der Waals surface area contributed by atoms with Gasteiger partial charge in [-0.05, 0) is 55.7 Å². The van der Waals surface area contributed by atoms with Crippen molar-refractivity contribution in [1.29, 1.82) is 0 Å². The lowest BCUT2D eigenvalue weighted by Crippen LogP contribution is -2.27. The number of hydrogen-bond donors (Lipinski definition) is 1. The highest BCUT2D eigenvalue weighted by Gasteiger charge is 2.43. The van der Waals surface area contributed by atoms with Gasteiger partial charge in [0.25, 0.3) is 0 Å². The molecule has 0 radical (unpaired) electrons. The molecule has 4 rings (SSSR count). The van der Waals surface area contributed by atoms with Crippen LogP contribution in [-0.4, -0.2) is 32.4 Å². The molecule has 1 N–H and O–H groups in total. The minimum Gasteiger partial charge on any atom is -0.350 e. The lowest BCUT2D eigenvalue weighted by atomic mass is 9.85. The van der Waals surface area contributed by atoms with Gasteiger partial charge < -0.3 is 5.32 Å². The fraction of sp³-hybridized carbons (Fsp3) is 0.308. The largest absolute Gasteiger partial charge is 0.350 e. The Bertz CT molecular complexity index is 1300. The summed E-state index contributed by atoms with van der Waals surface area (Å²) in [5.41, 5.74) is 4.03. The van der Waals surface area contributed by atoms with Crippen LogP contribution in [-0.2, 0) is 20.9 Å². The molecule has 1 saturated carbocycles. The molecule has 0 bridgehead atoms. The van der Waals surface area contributed by atoms with Gasteiger partial charge in [0.15, 0.2) is 11.6 Å². The lowest BCUT2D eigenvalue weighted by Gasteiger charge is -2.17. The quantitative estimate of drug-likeness (QED) is 0.515. The van der Waals surface area contributed by atoms with E-state index in [0.29, 0.717) is 27.9 Å². The van der Waals surface area contributed by atoms with Gasteiger partial charge in [-0.2, -0.15) is 0 Å². The van der Waals surface area contributed by atoms with Gasteiger partial charge in [0.1, 0.15) is 17.4 Å². The van der Waals surface area contributed by atoms with Gasteiger partial charge in [-0.1, -0.05) is 11.6 Å². The molecule has 1 fully saturated rings. The van der Waals surface area contributed by atoms with Gasteiger partial charge in [-0.3, -0.25) is 29.3 Å². The first-order valence-electron chi connectivity index (χ1n) is 11.2. The van der Waals surface area contributed by atoms with Crippen molar-refractivity contribution in [2.75, 3.05) is 0 Å². The third-order valence-corrected chi connectivity index (χ3v) is 6.36. The fourth-order valence-corrected chi connectivity index (χ4v) is 4.67. The summed E-state index contributed by atoms with van der Waals surface area (Å²) >= 11 is 5.80. The van der Waals surface area contributed by atoms with Crippen LogP contribution in [0.4, 0.5) is 4.39 Å². The summed E-state index contributed by atoms with van der Waals surface area (Å²) in [7, 11) is 0. The number of carbonyl (C=O) groups is 3. The lowest BCUT2D eigenvalue weighted by molar-refractivity contribution is -0.128. The Hall–Kier alpha value is -3.52. The third-order valence-electron chi connectivity index (χ3n) is 6.15. The van der Waals surface area contributed by atoms with Gasteiger partial charge in [-0.15, -0.1) is 0 Å².